The second kappa shape index (κ2) is 6.21. The van der Waals surface area contributed by atoms with Crippen molar-refractivity contribution in [3.8, 4) is 0 Å². The number of esters is 1. The molecule has 1 heterocycles. The molecule has 0 saturated carbocycles. The van der Waals surface area contributed by atoms with Crippen LogP contribution in [0.15, 0.2) is 12.1 Å². The lowest BCUT2D eigenvalue weighted by Crippen LogP contribution is -2.41. The summed E-state index contributed by atoms with van der Waals surface area (Å²) in [5.74, 6) is -1.97. The molecule has 23 heavy (non-hydrogen) atoms. The molecule has 0 radical (unpaired) electrons. The Morgan fingerprint density at radius 1 is 1.13 bits per heavy atom. The van der Waals surface area contributed by atoms with Gasteiger partial charge in [-0.3, -0.25) is 4.79 Å². The third-order valence-electron chi connectivity index (χ3n) is 4.31. The van der Waals surface area contributed by atoms with E-state index in [9.17, 15) is 13.6 Å². The first-order chi connectivity index (χ1) is 10.6. The van der Waals surface area contributed by atoms with E-state index in [2.05, 4.69) is 0 Å². The number of ether oxygens (including phenoxy) is 1. The summed E-state index contributed by atoms with van der Waals surface area (Å²) in [4.78, 5) is 11.4. The lowest BCUT2D eigenvalue weighted by molar-refractivity contribution is -0.142. The molecule has 0 N–H and O–H groups in total. The molecule has 1 saturated heterocycles. The van der Waals surface area contributed by atoms with Gasteiger partial charge in [0.25, 0.3) is 0 Å². The van der Waals surface area contributed by atoms with Crippen LogP contribution in [0.3, 0.4) is 0 Å². The van der Waals surface area contributed by atoms with Gasteiger partial charge in [-0.2, -0.15) is 0 Å². The van der Waals surface area contributed by atoms with Crippen LogP contribution in [0.2, 0.25) is 0 Å². The maximum atomic E-state index is 14.3. The van der Waals surface area contributed by atoms with Gasteiger partial charge in [0.15, 0.2) is 0 Å². The van der Waals surface area contributed by atoms with Gasteiger partial charge >= 0.3 is 13.1 Å². The molecule has 0 atom stereocenters. The second-order valence-corrected chi connectivity index (χ2v) is 6.54. The molecular weight excluding hydrogens is 305 g/mol. The van der Waals surface area contributed by atoms with Gasteiger partial charge in [0.05, 0.1) is 24.2 Å². The van der Waals surface area contributed by atoms with E-state index in [1.807, 2.05) is 27.7 Å². The van der Waals surface area contributed by atoms with Crippen molar-refractivity contribution in [1.82, 2.24) is 0 Å². The molecule has 1 fully saturated rings. The first-order valence-electron chi connectivity index (χ1n) is 7.56. The number of hydrogen-bond acceptors (Lipinski definition) is 4. The SMILES string of the molecule is CCOC(=O)Cc1cc(F)c(B2OC(C)(C)C(C)(C)O2)cc1F. The van der Waals surface area contributed by atoms with Gasteiger partial charge in [-0.25, -0.2) is 8.78 Å². The molecule has 1 aromatic carbocycles. The van der Waals surface area contributed by atoms with E-state index in [0.717, 1.165) is 12.1 Å². The van der Waals surface area contributed by atoms with Crippen molar-refractivity contribution in [2.45, 2.75) is 52.2 Å². The van der Waals surface area contributed by atoms with Gasteiger partial charge in [-0.1, -0.05) is 0 Å². The molecule has 126 valence electrons. The Hall–Kier alpha value is -1.47. The highest BCUT2D eigenvalue weighted by atomic mass is 19.1. The smallest absolute Gasteiger partial charge is 0.466 e. The van der Waals surface area contributed by atoms with Crippen molar-refractivity contribution < 1.29 is 27.6 Å². The van der Waals surface area contributed by atoms with Gasteiger partial charge in [-0.15, -0.1) is 0 Å². The molecular formula is C16H21BF2O4. The average Bonchev–Trinajstić information content (AvgIpc) is 2.62. The summed E-state index contributed by atoms with van der Waals surface area (Å²) >= 11 is 0. The highest BCUT2D eigenvalue weighted by Gasteiger charge is 2.52. The minimum Gasteiger partial charge on any atom is -0.466 e. The first kappa shape index (κ1) is 17.9. The molecule has 0 amide bonds. The van der Waals surface area contributed by atoms with E-state index in [0.29, 0.717) is 0 Å². The van der Waals surface area contributed by atoms with Crippen LogP contribution in [0.4, 0.5) is 8.78 Å². The zero-order valence-electron chi connectivity index (χ0n) is 14.0. The first-order valence-corrected chi connectivity index (χ1v) is 7.56. The largest absolute Gasteiger partial charge is 0.497 e. The number of carbonyl (C=O) groups excluding carboxylic acids is 1. The predicted octanol–water partition coefficient (Wildman–Crippen LogP) is 2.37. The summed E-state index contributed by atoms with van der Waals surface area (Å²) in [5.41, 5.74) is -1.37. The summed E-state index contributed by atoms with van der Waals surface area (Å²) in [7, 11) is -0.994. The Balaban J connectivity index is 2.26. The maximum Gasteiger partial charge on any atom is 0.497 e. The molecule has 2 rings (SSSR count). The molecule has 0 aliphatic carbocycles. The van der Waals surface area contributed by atoms with E-state index in [1.54, 1.807) is 6.92 Å². The van der Waals surface area contributed by atoms with E-state index in [-0.39, 0.29) is 24.1 Å². The van der Waals surface area contributed by atoms with Crippen LogP contribution < -0.4 is 5.46 Å². The number of carbonyl (C=O) groups is 1. The number of rotatable bonds is 4. The summed E-state index contributed by atoms with van der Waals surface area (Å²) in [6.45, 7) is 9.16. The molecule has 0 aromatic heterocycles. The minimum absolute atomic E-state index is 0.0197. The molecule has 4 nitrogen and oxygen atoms in total. The van der Waals surface area contributed by atoms with E-state index >= 15 is 0 Å². The van der Waals surface area contributed by atoms with Crippen molar-refractivity contribution in [1.29, 1.82) is 0 Å². The molecule has 7 heteroatoms. The Morgan fingerprint density at radius 3 is 2.22 bits per heavy atom. The Morgan fingerprint density at radius 2 is 1.70 bits per heavy atom. The zero-order chi connectivity index (χ0) is 17.4. The summed E-state index contributed by atoms with van der Waals surface area (Å²) in [6, 6.07) is 2.01. The molecule has 1 aliphatic heterocycles. The third-order valence-corrected chi connectivity index (χ3v) is 4.31. The van der Waals surface area contributed by atoms with Gasteiger partial charge in [0.1, 0.15) is 11.6 Å². The highest BCUT2D eigenvalue weighted by Crippen LogP contribution is 2.36. The van der Waals surface area contributed by atoms with Crippen LogP contribution in [-0.4, -0.2) is 30.9 Å². The molecule has 1 aliphatic rings. The van der Waals surface area contributed by atoms with Crippen molar-refractivity contribution >= 4 is 18.6 Å². The van der Waals surface area contributed by atoms with Crippen LogP contribution in [0.1, 0.15) is 40.2 Å². The molecule has 0 unspecified atom stereocenters. The van der Waals surface area contributed by atoms with Crippen molar-refractivity contribution in [3.05, 3.63) is 29.3 Å². The van der Waals surface area contributed by atoms with Crippen LogP contribution >= 0.6 is 0 Å². The topological polar surface area (TPSA) is 44.8 Å². The monoisotopic (exact) mass is 326 g/mol. The Labute approximate surface area is 135 Å². The molecule has 0 spiro atoms. The fraction of sp³-hybridized carbons (Fsp3) is 0.562. The number of halogens is 2. The summed E-state index contributed by atoms with van der Waals surface area (Å²) in [6.07, 6.45) is -0.319. The van der Waals surface area contributed by atoms with Crippen molar-refractivity contribution in [2.24, 2.45) is 0 Å². The fourth-order valence-electron chi connectivity index (χ4n) is 2.26. The van der Waals surface area contributed by atoms with E-state index in [1.165, 1.54) is 0 Å². The Bertz CT molecular complexity index is 600. The van der Waals surface area contributed by atoms with Gasteiger partial charge in [0.2, 0.25) is 0 Å². The van der Waals surface area contributed by atoms with E-state index < -0.39 is 35.9 Å². The summed E-state index contributed by atoms with van der Waals surface area (Å²) in [5, 5.41) is 0. The van der Waals surface area contributed by atoms with Crippen LogP contribution in [0.25, 0.3) is 0 Å². The molecule has 0 bridgehead atoms. The van der Waals surface area contributed by atoms with Crippen LogP contribution in [0.5, 0.6) is 0 Å². The normalized spacial score (nSPS) is 19.0. The lowest BCUT2D eigenvalue weighted by Gasteiger charge is -2.32. The number of benzene rings is 1. The quantitative estimate of drug-likeness (QED) is 0.629. The predicted molar refractivity (Wildman–Crippen MR) is 82.4 cm³/mol. The lowest BCUT2D eigenvalue weighted by atomic mass is 9.78. The van der Waals surface area contributed by atoms with Crippen molar-refractivity contribution in [3.63, 3.8) is 0 Å². The highest BCUT2D eigenvalue weighted by molar-refractivity contribution is 6.62. The average molecular weight is 326 g/mol. The second-order valence-electron chi connectivity index (χ2n) is 6.54. The summed E-state index contributed by atoms with van der Waals surface area (Å²) < 4.78 is 44.7. The van der Waals surface area contributed by atoms with Crippen LogP contribution in [-0.2, 0) is 25.3 Å². The van der Waals surface area contributed by atoms with Crippen LogP contribution in [0, 0.1) is 11.6 Å². The van der Waals surface area contributed by atoms with Gasteiger partial charge < -0.3 is 14.0 Å². The molecule has 1 aromatic rings. The zero-order valence-corrected chi connectivity index (χ0v) is 14.0. The van der Waals surface area contributed by atoms with E-state index in [4.69, 9.17) is 14.0 Å². The van der Waals surface area contributed by atoms with Crippen molar-refractivity contribution in [2.75, 3.05) is 6.61 Å². The van der Waals surface area contributed by atoms with Gasteiger partial charge in [0, 0.05) is 11.0 Å². The Kier molecular flexibility index (Phi) is 4.82. The third kappa shape index (κ3) is 3.56. The number of hydrogen-bond donors (Lipinski definition) is 0. The maximum absolute atomic E-state index is 14.3. The minimum atomic E-state index is -0.994. The standard InChI is InChI=1S/C16H21BF2O4/c1-6-21-14(20)8-10-7-13(19)11(9-12(10)18)17-22-15(2,3)16(4,5)23-17/h7,9H,6,8H2,1-5H3. The van der Waals surface area contributed by atoms with Gasteiger partial charge in [-0.05, 0) is 46.8 Å². The fourth-order valence-corrected chi connectivity index (χ4v) is 2.26.